The van der Waals surface area contributed by atoms with Crippen LogP contribution in [0.1, 0.15) is 265 Å². The number of benzene rings is 4. The predicted molar refractivity (Wildman–Crippen MR) is 310 cm³/mol. The summed E-state index contributed by atoms with van der Waals surface area (Å²) in [5.41, 5.74) is 32.6. The second-order valence-corrected chi connectivity index (χ2v) is 22.4. The molecule has 1 aliphatic rings. The zero-order chi connectivity index (χ0) is 51.2. The van der Waals surface area contributed by atoms with Crippen LogP contribution in [0.5, 0.6) is 0 Å². The van der Waals surface area contributed by atoms with Gasteiger partial charge in [0.2, 0.25) is 11.4 Å². The van der Waals surface area contributed by atoms with Gasteiger partial charge in [0.25, 0.3) is 0 Å². The summed E-state index contributed by atoms with van der Waals surface area (Å²) < 4.78 is 4.36. The number of hydrogen-bond acceptors (Lipinski definition) is 0. The van der Waals surface area contributed by atoms with Crippen LogP contribution in [0.4, 0.5) is 0 Å². The second kappa shape index (κ2) is 34.8. The van der Waals surface area contributed by atoms with Gasteiger partial charge < -0.3 is 5.53 Å². The van der Waals surface area contributed by atoms with Gasteiger partial charge in [0.05, 0.1) is 0 Å². The summed E-state index contributed by atoms with van der Waals surface area (Å²) in [6, 6.07) is 27.5. The van der Waals surface area contributed by atoms with Crippen molar-refractivity contribution < 1.29 is 19.1 Å². The van der Waals surface area contributed by atoms with Crippen LogP contribution in [0.15, 0.2) is 83.9 Å². The summed E-state index contributed by atoms with van der Waals surface area (Å²) in [7, 11) is 0. The number of allylic oxidation sites excluding steroid dienone is 2. The molecule has 0 amide bonds. The summed E-state index contributed by atoms with van der Waals surface area (Å²) in [6.45, 7) is 22.9. The van der Waals surface area contributed by atoms with Crippen molar-refractivity contribution in [2.24, 2.45) is 0 Å². The zero-order valence-electron chi connectivity index (χ0n) is 47.4. The molecule has 0 aromatic heterocycles. The van der Waals surface area contributed by atoms with Gasteiger partial charge >= 0.3 is 97.0 Å². The first-order valence-electron chi connectivity index (χ1n) is 29.7. The molecule has 0 bridgehead atoms. The first-order chi connectivity index (χ1) is 34.7. The summed E-state index contributed by atoms with van der Waals surface area (Å²) in [5, 5.41) is 0. The van der Waals surface area contributed by atoms with Crippen molar-refractivity contribution in [3.05, 3.63) is 145 Å². The second-order valence-electron chi connectivity index (χ2n) is 21.1. The Hall–Kier alpha value is -3.55. The van der Waals surface area contributed by atoms with Crippen molar-refractivity contribution >= 4 is 20.5 Å². The van der Waals surface area contributed by atoms with Gasteiger partial charge in [-0.25, -0.2) is 4.70 Å². The molecule has 0 N–H and O–H groups in total. The third-order valence-corrected chi connectivity index (χ3v) is 16.0. The Bertz CT molecular complexity index is 1990. The van der Waals surface area contributed by atoms with Crippen molar-refractivity contribution in [2.45, 2.75) is 262 Å². The maximum atomic E-state index is 12.9. The number of nitrogens with zero attached hydrogens (tertiary/aromatic N) is 2. The van der Waals surface area contributed by atoms with Crippen LogP contribution in [0.25, 0.3) is 16.9 Å². The Morgan fingerprint density at radius 1 is 0.338 bits per heavy atom. The van der Waals surface area contributed by atoms with Crippen LogP contribution >= 0.6 is 0 Å². The van der Waals surface area contributed by atoms with Crippen LogP contribution in [0.3, 0.4) is 0 Å². The van der Waals surface area contributed by atoms with Crippen molar-refractivity contribution in [2.75, 3.05) is 0 Å². The van der Waals surface area contributed by atoms with E-state index < -0.39 is 0 Å². The van der Waals surface area contributed by atoms with Crippen molar-refractivity contribution in [3.8, 4) is 0 Å². The molecule has 0 aliphatic carbocycles. The number of aryl methyl sites for hydroxylation is 6. The fourth-order valence-corrected chi connectivity index (χ4v) is 11.5. The molecule has 4 aromatic rings. The van der Waals surface area contributed by atoms with E-state index in [1.165, 1.54) is 171 Å². The van der Waals surface area contributed by atoms with Gasteiger partial charge in [-0.3, -0.25) is 0 Å². The minimum absolute atomic E-state index is 1.03. The van der Waals surface area contributed by atoms with Crippen molar-refractivity contribution in [1.82, 2.24) is 0 Å². The molecule has 0 atom stereocenters. The van der Waals surface area contributed by atoms with E-state index in [1.54, 1.807) is 52.5 Å². The quantitative estimate of drug-likeness (QED) is 0.0253. The first kappa shape index (κ1) is 60.0. The molecular formula is C68H102N2Ni. The van der Waals surface area contributed by atoms with Gasteiger partial charge in [0.15, 0.2) is 0 Å². The van der Waals surface area contributed by atoms with Crippen LogP contribution in [-0.2, 0) is 53.0 Å². The molecule has 0 saturated heterocycles. The van der Waals surface area contributed by atoms with E-state index >= 15 is 0 Å². The summed E-state index contributed by atoms with van der Waals surface area (Å²) in [6.07, 6.45) is 36.4. The summed E-state index contributed by atoms with van der Waals surface area (Å²) in [4.78, 5) is 0. The maximum absolute atomic E-state index is 12.9. The third-order valence-electron chi connectivity index (χ3n) is 14.8. The zero-order valence-corrected chi connectivity index (χ0v) is 48.3. The average molecular weight is 1010 g/mol. The fourth-order valence-electron chi connectivity index (χ4n) is 10.5. The molecule has 71 heavy (non-hydrogen) atoms. The first-order valence-corrected chi connectivity index (χ1v) is 30.6. The molecule has 4 aromatic carbocycles. The van der Waals surface area contributed by atoms with Crippen LogP contribution in [0.2, 0.25) is 0 Å². The van der Waals surface area contributed by atoms with Gasteiger partial charge in [-0.1, -0.05) is 145 Å². The molecule has 5 rings (SSSR count). The summed E-state index contributed by atoms with van der Waals surface area (Å²) in [5.74, 6) is 0. The number of hydrogen-bond donors (Lipinski definition) is 0. The number of unbranched alkanes of at least 4 members (excludes halogenated alkanes) is 14. The Balaban J connectivity index is 0.000000615. The van der Waals surface area contributed by atoms with E-state index in [9.17, 15) is 5.53 Å². The van der Waals surface area contributed by atoms with Gasteiger partial charge in [-0.2, -0.15) is 0 Å². The molecule has 0 radical (unpaired) electrons. The average Bonchev–Trinajstić information content (AvgIpc) is 3.65. The van der Waals surface area contributed by atoms with Crippen LogP contribution < -0.4 is 9.07 Å². The summed E-state index contributed by atoms with van der Waals surface area (Å²) >= 11 is 1.61. The molecule has 3 heteroatoms. The predicted octanol–water partition coefficient (Wildman–Crippen LogP) is 20.0. The number of rotatable bonds is 34. The van der Waals surface area contributed by atoms with Gasteiger partial charge in [0.1, 0.15) is 0 Å². The van der Waals surface area contributed by atoms with Crippen molar-refractivity contribution in [1.29, 1.82) is 0 Å². The van der Waals surface area contributed by atoms with E-state index in [4.69, 9.17) is 0 Å². The Morgan fingerprint density at radius 2 is 0.606 bits per heavy atom. The van der Waals surface area contributed by atoms with Gasteiger partial charge in [-0.15, -0.1) is 0 Å². The van der Waals surface area contributed by atoms with Gasteiger partial charge in [0, 0.05) is 22.3 Å². The molecule has 0 unspecified atom stereocenters. The molecule has 0 saturated carbocycles. The van der Waals surface area contributed by atoms with Crippen LogP contribution in [-0.4, -0.2) is 4.70 Å². The normalized spacial score (nSPS) is 12.7. The minimum atomic E-state index is 1.03. The monoisotopic (exact) mass is 1000 g/mol. The molecule has 394 valence electrons. The van der Waals surface area contributed by atoms with E-state index in [0.29, 0.717) is 0 Å². The molecule has 1 heterocycles. The molecule has 2 nitrogen and oxygen atoms in total. The topological polar surface area (TPSA) is 25.3 Å². The van der Waals surface area contributed by atoms with Crippen LogP contribution in [0, 0.1) is 13.8 Å². The van der Waals surface area contributed by atoms with Crippen molar-refractivity contribution in [3.63, 3.8) is 0 Å². The Kier molecular flexibility index (Phi) is 29.4. The van der Waals surface area contributed by atoms with Gasteiger partial charge in [-0.05, 0) is 160 Å². The fraction of sp³-hybridized carbons (Fsp3) is 0.588. The molecular weight excluding hydrogens is 903 g/mol. The Labute approximate surface area is 444 Å². The SMILES string of the molecule is CCCCCc1cc(C2=C(CCCC)C(CCCC)=C(c3cc(CCCCC)c(CCCCC)c(CCCCC)c3)[N+]2=[N-])cc(CCCCC)c1CCCCC.Cc1cc[c]([Ni][c]2ccc(C)cc2)cc1. The van der Waals surface area contributed by atoms with E-state index in [-0.39, 0.29) is 0 Å². The third kappa shape index (κ3) is 19.7. The Morgan fingerprint density at radius 3 is 0.873 bits per heavy atom. The molecule has 0 spiro atoms. The van der Waals surface area contributed by atoms with E-state index in [0.717, 1.165) is 75.6 Å². The molecule has 0 fully saturated rings. The standard InChI is InChI=1S/C54H88N2.2C7H7.Ni/c1-9-17-25-31-43-39-47(40-44(32-26-18-10-2)49(43)37-29-21-13-5)53-51(35-23-15-7)52(36-24-16-8)54(56(53)55)48-41-45(33-27-19-11-3)50(38-30-22-14-6)46(42-48)34-28-20-12-4;2*1-7-5-3-2-4-6-7;/h39-42H,9-38H2,1-8H3;2*3-6H,1H3;. The van der Waals surface area contributed by atoms with E-state index in [1.807, 2.05) is 0 Å². The van der Waals surface area contributed by atoms with E-state index in [2.05, 4.69) is 142 Å². The molecule has 1 aliphatic heterocycles.